The molecule has 7 nitrogen and oxygen atoms in total. The minimum Gasteiger partial charge on any atom is -0.465 e. The number of likely N-dealkylation sites (tertiary alicyclic amines) is 1. The number of halogens is 1. The molecule has 1 heterocycles. The normalized spacial score (nSPS) is 24.4. The first kappa shape index (κ1) is 26.8. The van der Waals surface area contributed by atoms with Crippen molar-refractivity contribution in [1.29, 1.82) is 0 Å². The minimum absolute atomic E-state index is 0.0105. The van der Waals surface area contributed by atoms with Gasteiger partial charge in [0.15, 0.2) is 0 Å². The van der Waals surface area contributed by atoms with Crippen LogP contribution < -0.4 is 11.1 Å². The number of rotatable bonds is 7. The molecule has 1 aliphatic carbocycles. The lowest BCUT2D eigenvalue weighted by atomic mass is 9.77. The topological polar surface area (TPSA) is 102 Å². The van der Waals surface area contributed by atoms with Crippen molar-refractivity contribution in [2.24, 2.45) is 17.6 Å². The molecule has 2 aromatic carbocycles. The van der Waals surface area contributed by atoms with Crippen molar-refractivity contribution < 1.29 is 23.5 Å². The minimum atomic E-state index is -0.759. The quantitative estimate of drug-likeness (QED) is 0.536. The maximum Gasteiger partial charge on any atom is 0.337 e. The molecular formula is C29H36FN3O4. The Morgan fingerprint density at radius 2 is 1.78 bits per heavy atom. The maximum absolute atomic E-state index is 14.8. The highest BCUT2D eigenvalue weighted by Gasteiger charge is 2.44. The van der Waals surface area contributed by atoms with Crippen molar-refractivity contribution in [3.63, 3.8) is 0 Å². The Labute approximate surface area is 217 Å². The van der Waals surface area contributed by atoms with Gasteiger partial charge in [-0.25, -0.2) is 9.18 Å². The summed E-state index contributed by atoms with van der Waals surface area (Å²) in [5, 5.41) is 2.68. The van der Waals surface area contributed by atoms with E-state index in [1.807, 2.05) is 30.3 Å². The van der Waals surface area contributed by atoms with E-state index in [4.69, 9.17) is 5.73 Å². The van der Waals surface area contributed by atoms with E-state index in [0.717, 1.165) is 43.7 Å². The average molecular weight is 510 g/mol. The SMILES string of the molecule is CCC(N)[C@H]1CC[C@H](C(=O)N2CC[C@H](c3ccccc3)[C@H]2C(=O)Nc2ccc(C(=O)OC)cc2F)CC1. The molecule has 8 heteroatoms. The molecule has 2 amide bonds. The van der Waals surface area contributed by atoms with Crippen molar-refractivity contribution in [1.82, 2.24) is 4.90 Å². The highest BCUT2D eigenvalue weighted by Crippen LogP contribution is 2.38. The van der Waals surface area contributed by atoms with E-state index in [1.54, 1.807) is 4.90 Å². The highest BCUT2D eigenvalue weighted by molar-refractivity contribution is 5.99. The molecule has 1 saturated carbocycles. The lowest BCUT2D eigenvalue weighted by Crippen LogP contribution is -2.48. The number of nitrogens with two attached hydrogens (primary N) is 1. The number of methoxy groups -OCH3 is 1. The zero-order valence-electron chi connectivity index (χ0n) is 21.5. The molecule has 37 heavy (non-hydrogen) atoms. The van der Waals surface area contributed by atoms with E-state index in [0.29, 0.717) is 18.9 Å². The predicted octanol–water partition coefficient (Wildman–Crippen LogP) is 4.48. The van der Waals surface area contributed by atoms with Crippen LogP contribution in [0, 0.1) is 17.7 Å². The number of carbonyl (C=O) groups excluding carboxylic acids is 3. The van der Waals surface area contributed by atoms with Crippen LogP contribution in [0.1, 0.15) is 67.3 Å². The Balaban J connectivity index is 1.55. The second-order valence-corrected chi connectivity index (χ2v) is 10.1. The zero-order chi connectivity index (χ0) is 26.5. The second kappa shape index (κ2) is 11.9. The van der Waals surface area contributed by atoms with Gasteiger partial charge >= 0.3 is 5.97 Å². The average Bonchev–Trinajstić information content (AvgIpc) is 3.39. The van der Waals surface area contributed by atoms with Gasteiger partial charge in [-0.3, -0.25) is 9.59 Å². The van der Waals surface area contributed by atoms with E-state index in [-0.39, 0.29) is 35.0 Å². The summed E-state index contributed by atoms with van der Waals surface area (Å²) < 4.78 is 19.4. The summed E-state index contributed by atoms with van der Waals surface area (Å²) in [6, 6.07) is 12.8. The molecule has 1 aliphatic heterocycles. The number of anilines is 1. The van der Waals surface area contributed by atoms with Gasteiger partial charge in [0.1, 0.15) is 11.9 Å². The maximum atomic E-state index is 14.8. The molecule has 3 N–H and O–H groups in total. The van der Waals surface area contributed by atoms with Gasteiger partial charge in [0.25, 0.3) is 0 Å². The summed E-state index contributed by atoms with van der Waals surface area (Å²) in [5.74, 6) is -1.76. The predicted molar refractivity (Wildman–Crippen MR) is 139 cm³/mol. The molecule has 198 valence electrons. The van der Waals surface area contributed by atoms with Crippen LogP contribution >= 0.6 is 0 Å². The summed E-state index contributed by atoms with van der Waals surface area (Å²) in [6.07, 6.45) is 4.93. The van der Waals surface area contributed by atoms with E-state index < -0.39 is 23.7 Å². The van der Waals surface area contributed by atoms with Gasteiger partial charge in [-0.05, 0) is 68.2 Å². The molecule has 4 rings (SSSR count). The van der Waals surface area contributed by atoms with Crippen molar-refractivity contribution in [2.45, 2.75) is 63.5 Å². The Morgan fingerprint density at radius 3 is 2.41 bits per heavy atom. The fourth-order valence-corrected chi connectivity index (χ4v) is 5.84. The van der Waals surface area contributed by atoms with Gasteiger partial charge in [-0.2, -0.15) is 0 Å². The lowest BCUT2D eigenvalue weighted by molar-refractivity contribution is -0.141. The molecule has 2 aromatic rings. The third-order valence-corrected chi connectivity index (χ3v) is 8.02. The van der Waals surface area contributed by atoms with Gasteiger partial charge in [0, 0.05) is 24.4 Å². The summed E-state index contributed by atoms with van der Waals surface area (Å²) in [6.45, 7) is 2.56. The summed E-state index contributed by atoms with van der Waals surface area (Å²) in [4.78, 5) is 40.7. The number of nitrogens with zero attached hydrogens (tertiary/aromatic N) is 1. The van der Waals surface area contributed by atoms with Gasteiger partial charge in [-0.1, -0.05) is 37.3 Å². The molecule has 3 atom stereocenters. The van der Waals surface area contributed by atoms with Crippen LogP contribution in [-0.4, -0.2) is 48.4 Å². The summed E-state index contributed by atoms with van der Waals surface area (Å²) in [5.41, 5.74) is 7.23. The first-order chi connectivity index (χ1) is 17.8. The van der Waals surface area contributed by atoms with Gasteiger partial charge in [0.05, 0.1) is 18.4 Å². The van der Waals surface area contributed by atoms with E-state index in [1.165, 1.54) is 19.2 Å². The van der Waals surface area contributed by atoms with E-state index in [9.17, 15) is 18.8 Å². The second-order valence-electron chi connectivity index (χ2n) is 10.1. The van der Waals surface area contributed by atoms with Crippen molar-refractivity contribution in [3.8, 4) is 0 Å². The number of nitrogens with one attached hydrogen (secondary N) is 1. The Kier molecular flexibility index (Phi) is 8.59. The van der Waals surface area contributed by atoms with Crippen LogP contribution in [0.5, 0.6) is 0 Å². The van der Waals surface area contributed by atoms with Crippen LogP contribution in [0.15, 0.2) is 48.5 Å². The third-order valence-electron chi connectivity index (χ3n) is 8.02. The number of esters is 1. The van der Waals surface area contributed by atoms with Crippen LogP contribution in [0.3, 0.4) is 0 Å². The van der Waals surface area contributed by atoms with Crippen LogP contribution in [0.2, 0.25) is 0 Å². The van der Waals surface area contributed by atoms with Crippen LogP contribution in [-0.2, 0) is 14.3 Å². The number of benzene rings is 2. The van der Waals surface area contributed by atoms with Gasteiger partial charge < -0.3 is 20.7 Å². The number of carbonyl (C=O) groups is 3. The number of ether oxygens (including phenoxy) is 1. The Hall–Kier alpha value is -3.26. The van der Waals surface area contributed by atoms with Crippen molar-refractivity contribution in [2.75, 3.05) is 19.0 Å². The van der Waals surface area contributed by atoms with Crippen LogP contribution in [0.4, 0.5) is 10.1 Å². The summed E-state index contributed by atoms with van der Waals surface area (Å²) >= 11 is 0. The van der Waals surface area contributed by atoms with Crippen molar-refractivity contribution in [3.05, 3.63) is 65.5 Å². The molecule has 1 saturated heterocycles. The number of hydrogen-bond acceptors (Lipinski definition) is 5. The molecule has 0 bridgehead atoms. The standard InChI is InChI=1S/C29H36FN3O4/c1-3-24(31)19-9-11-20(12-10-19)28(35)33-16-15-22(18-7-5-4-6-8-18)26(33)27(34)32-25-14-13-21(17-23(25)30)29(36)37-2/h4-8,13-14,17,19-20,22,24,26H,3,9-12,15-16,31H2,1-2H3,(H,32,34)/t19-,20-,22-,24?,26+/m1/s1. The first-order valence-corrected chi connectivity index (χ1v) is 13.1. The smallest absolute Gasteiger partial charge is 0.337 e. The zero-order valence-corrected chi connectivity index (χ0v) is 21.5. The first-order valence-electron chi connectivity index (χ1n) is 13.1. The molecule has 1 unspecified atom stereocenters. The van der Waals surface area contributed by atoms with Gasteiger partial charge in [-0.15, -0.1) is 0 Å². The Morgan fingerprint density at radius 1 is 1.08 bits per heavy atom. The van der Waals surface area contributed by atoms with E-state index >= 15 is 0 Å². The van der Waals surface area contributed by atoms with E-state index in [2.05, 4.69) is 17.0 Å². The molecule has 0 radical (unpaired) electrons. The summed E-state index contributed by atoms with van der Waals surface area (Å²) in [7, 11) is 1.22. The molecule has 0 spiro atoms. The van der Waals surface area contributed by atoms with Crippen molar-refractivity contribution >= 4 is 23.5 Å². The fraction of sp³-hybridized carbons (Fsp3) is 0.483. The number of hydrogen-bond donors (Lipinski definition) is 2. The van der Waals surface area contributed by atoms with Gasteiger partial charge in [0.2, 0.25) is 11.8 Å². The molecular weight excluding hydrogens is 473 g/mol. The third kappa shape index (κ3) is 5.85. The lowest BCUT2D eigenvalue weighted by Gasteiger charge is -2.35. The largest absolute Gasteiger partial charge is 0.465 e. The fourth-order valence-electron chi connectivity index (χ4n) is 5.84. The monoisotopic (exact) mass is 509 g/mol. The Bertz CT molecular complexity index is 1120. The van der Waals surface area contributed by atoms with Crippen LogP contribution in [0.25, 0.3) is 0 Å². The molecule has 2 fully saturated rings. The molecule has 0 aromatic heterocycles. The molecule has 2 aliphatic rings. The number of amides is 2. The highest BCUT2D eigenvalue weighted by atomic mass is 19.1.